The summed E-state index contributed by atoms with van der Waals surface area (Å²) in [4.78, 5) is 10.7. The van der Waals surface area contributed by atoms with E-state index >= 15 is 0 Å². The van der Waals surface area contributed by atoms with Gasteiger partial charge in [-0.25, -0.2) is 17.9 Å². The van der Waals surface area contributed by atoms with Gasteiger partial charge in [-0.15, -0.1) is 11.3 Å². The highest BCUT2D eigenvalue weighted by Crippen LogP contribution is 2.30. The summed E-state index contributed by atoms with van der Waals surface area (Å²) in [5, 5.41) is 10.4. The molecule has 1 aromatic rings. The number of hydrogen-bond acceptors (Lipinski definition) is 4. The zero-order valence-corrected chi connectivity index (χ0v) is 12.3. The van der Waals surface area contributed by atoms with E-state index in [1.165, 1.54) is 11.4 Å². The molecule has 0 spiro atoms. The molecule has 1 fully saturated rings. The van der Waals surface area contributed by atoms with Crippen LogP contribution in [0.15, 0.2) is 16.3 Å². The molecular formula is C12H17NO4S2. The van der Waals surface area contributed by atoms with Crippen LogP contribution in [-0.4, -0.2) is 26.0 Å². The molecule has 1 heterocycles. The van der Waals surface area contributed by atoms with E-state index in [2.05, 4.69) is 11.6 Å². The first-order valence-corrected chi connectivity index (χ1v) is 8.57. The van der Waals surface area contributed by atoms with E-state index in [0.717, 1.165) is 30.6 Å². The van der Waals surface area contributed by atoms with Crippen molar-refractivity contribution in [3.05, 3.63) is 16.3 Å². The molecule has 5 nitrogen and oxygen atoms in total. The van der Waals surface area contributed by atoms with Crippen LogP contribution in [0, 0.1) is 11.8 Å². The summed E-state index contributed by atoms with van der Waals surface area (Å²) in [5.41, 5.74) is 0. The molecule has 7 heteroatoms. The van der Waals surface area contributed by atoms with Gasteiger partial charge < -0.3 is 5.11 Å². The number of hydrogen-bond donors (Lipinski definition) is 2. The second-order valence-electron chi connectivity index (χ2n) is 5.06. The maximum atomic E-state index is 12.1. The molecule has 2 N–H and O–H groups in total. The minimum Gasteiger partial charge on any atom is -0.477 e. The fraction of sp³-hybridized carbons (Fsp3) is 0.583. The van der Waals surface area contributed by atoms with E-state index in [-0.39, 0.29) is 9.77 Å². The quantitative estimate of drug-likeness (QED) is 0.873. The van der Waals surface area contributed by atoms with Gasteiger partial charge in [-0.3, -0.25) is 0 Å². The first-order valence-electron chi connectivity index (χ1n) is 6.20. The number of thiophene rings is 1. The number of aromatic carboxylic acids is 1. The average molecular weight is 303 g/mol. The van der Waals surface area contributed by atoms with Crippen LogP contribution in [-0.2, 0) is 10.0 Å². The van der Waals surface area contributed by atoms with Crippen LogP contribution in [0.1, 0.15) is 35.9 Å². The van der Waals surface area contributed by atoms with Gasteiger partial charge in [0.15, 0.2) is 0 Å². The van der Waals surface area contributed by atoms with E-state index < -0.39 is 16.0 Å². The van der Waals surface area contributed by atoms with E-state index in [9.17, 15) is 13.2 Å². The van der Waals surface area contributed by atoms with Crippen molar-refractivity contribution in [2.45, 2.75) is 31.1 Å². The van der Waals surface area contributed by atoms with Crippen LogP contribution in [0.25, 0.3) is 0 Å². The summed E-state index contributed by atoms with van der Waals surface area (Å²) in [6.07, 6.45) is 3.18. The summed E-state index contributed by atoms with van der Waals surface area (Å²) in [6.45, 7) is 2.55. The predicted octanol–water partition coefficient (Wildman–Crippen LogP) is 2.16. The normalized spacial score (nSPS) is 23.6. The molecule has 1 saturated carbocycles. The van der Waals surface area contributed by atoms with Gasteiger partial charge in [0.05, 0.1) is 0 Å². The fourth-order valence-electron chi connectivity index (χ4n) is 2.48. The van der Waals surface area contributed by atoms with E-state index in [0.29, 0.717) is 18.4 Å². The first kappa shape index (κ1) is 14.5. The van der Waals surface area contributed by atoms with Gasteiger partial charge in [0.25, 0.3) is 0 Å². The molecule has 2 rings (SSSR count). The summed E-state index contributed by atoms with van der Waals surface area (Å²) < 4.78 is 26.7. The number of carbonyl (C=O) groups is 1. The van der Waals surface area contributed by atoms with Crippen LogP contribution in [0.3, 0.4) is 0 Å². The molecule has 2 unspecified atom stereocenters. The lowest BCUT2D eigenvalue weighted by Crippen LogP contribution is -2.29. The minimum atomic E-state index is -3.72. The molecule has 19 heavy (non-hydrogen) atoms. The number of nitrogens with one attached hydrogen (secondary N) is 1. The van der Waals surface area contributed by atoms with Crippen LogP contribution < -0.4 is 4.72 Å². The standard InChI is InChI=1S/C12H17NO4S2/c1-8-2-3-9(6-8)7-13-19(16,17)10-4-5-18-11(10)12(14)15/h4-5,8-9,13H,2-3,6-7H2,1H3,(H,14,15). The van der Waals surface area contributed by atoms with Crippen molar-refractivity contribution in [1.82, 2.24) is 4.72 Å². The lowest BCUT2D eigenvalue weighted by atomic mass is 10.1. The zero-order valence-electron chi connectivity index (χ0n) is 10.6. The fourth-order valence-corrected chi connectivity index (χ4v) is 4.85. The highest BCUT2D eigenvalue weighted by Gasteiger charge is 2.26. The van der Waals surface area contributed by atoms with Gasteiger partial charge in [0, 0.05) is 6.54 Å². The molecule has 1 aliphatic carbocycles. The molecule has 0 bridgehead atoms. The highest BCUT2D eigenvalue weighted by atomic mass is 32.2. The smallest absolute Gasteiger partial charge is 0.347 e. The van der Waals surface area contributed by atoms with Gasteiger partial charge >= 0.3 is 5.97 Å². The van der Waals surface area contributed by atoms with Crippen molar-refractivity contribution in [2.24, 2.45) is 11.8 Å². The summed E-state index contributed by atoms with van der Waals surface area (Å²) in [6, 6.07) is 1.34. The Morgan fingerprint density at radius 1 is 1.53 bits per heavy atom. The van der Waals surface area contributed by atoms with E-state index in [1.54, 1.807) is 0 Å². The van der Waals surface area contributed by atoms with Crippen LogP contribution >= 0.6 is 11.3 Å². The van der Waals surface area contributed by atoms with Gasteiger partial charge in [0.2, 0.25) is 10.0 Å². The lowest BCUT2D eigenvalue weighted by molar-refractivity contribution is 0.0698. The Morgan fingerprint density at radius 2 is 2.26 bits per heavy atom. The van der Waals surface area contributed by atoms with Gasteiger partial charge in [-0.05, 0) is 36.1 Å². The third-order valence-electron chi connectivity index (χ3n) is 3.48. The molecule has 0 radical (unpaired) electrons. The molecule has 2 atom stereocenters. The molecule has 0 saturated heterocycles. The van der Waals surface area contributed by atoms with Gasteiger partial charge in [-0.2, -0.15) is 0 Å². The largest absolute Gasteiger partial charge is 0.477 e. The lowest BCUT2D eigenvalue weighted by Gasteiger charge is -2.11. The molecule has 0 aromatic carbocycles. The van der Waals surface area contributed by atoms with E-state index in [1.807, 2.05) is 0 Å². The molecule has 106 valence electrons. The third-order valence-corrected chi connectivity index (χ3v) is 5.98. The molecule has 1 aliphatic rings. The highest BCUT2D eigenvalue weighted by molar-refractivity contribution is 7.89. The van der Waals surface area contributed by atoms with Crippen molar-refractivity contribution in [3.8, 4) is 0 Å². The van der Waals surface area contributed by atoms with Crippen molar-refractivity contribution in [1.29, 1.82) is 0 Å². The number of sulfonamides is 1. The topological polar surface area (TPSA) is 83.5 Å². The molecule has 0 amide bonds. The first-order chi connectivity index (χ1) is 8.90. The summed E-state index contributed by atoms with van der Waals surface area (Å²) in [5.74, 6) is -0.202. The van der Waals surface area contributed by atoms with Crippen LogP contribution in [0.4, 0.5) is 0 Å². The number of carboxylic acids is 1. The maximum absolute atomic E-state index is 12.1. The molecular weight excluding hydrogens is 286 g/mol. The number of carboxylic acid groups (broad SMARTS) is 1. The maximum Gasteiger partial charge on any atom is 0.347 e. The zero-order chi connectivity index (χ0) is 14.0. The Labute approximate surface area is 116 Å². The van der Waals surface area contributed by atoms with E-state index in [4.69, 9.17) is 5.11 Å². The second-order valence-corrected chi connectivity index (χ2v) is 7.71. The Morgan fingerprint density at radius 3 is 2.84 bits per heavy atom. The predicted molar refractivity (Wildman–Crippen MR) is 73.0 cm³/mol. The van der Waals surface area contributed by atoms with Gasteiger partial charge in [-0.1, -0.05) is 13.3 Å². The van der Waals surface area contributed by atoms with Gasteiger partial charge in [0.1, 0.15) is 9.77 Å². The average Bonchev–Trinajstić information content (AvgIpc) is 2.94. The van der Waals surface area contributed by atoms with Crippen molar-refractivity contribution in [2.75, 3.05) is 6.54 Å². The Kier molecular flexibility index (Phi) is 4.27. The summed E-state index contributed by atoms with van der Waals surface area (Å²) in [7, 11) is -3.72. The van der Waals surface area contributed by atoms with Crippen LogP contribution in [0.5, 0.6) is 0 Å². The molecule has 0 aliphatic heterocycles. The van der Waals surface area contributed by atoms with Crippen molar-refractivity contribution < 1.29 is 18.3 Å². The third kappa shape index (κ3) is 3.34. The van der Waals surface area contributed by atoms with Crippen molar-refractivity contribution in [3.63, 3.8) is 0 Å². The summed E-state index contributed by atoms with van der Waals surface area (Å²) >= 11 is 0.924. The molecule has 1 aromatic heterocycles. The van der Waals surface area contributed by atoms with Crippen molar-refractivity contribution >= 4 is 27.3 Å². The monoisotopic (exact) mass is 303 g/mol. The Bertz CT molecular complexity index is 564. The Balaban J connectivity index is 2.06. The number of rotatable bonds is 5. The second kappa shape index (κ2) is 5.60. The SMILES string of the molecule is CC1CCC(CNS(=O)(=O)c2ccsc2C(=O)O)C1. The van der Waals surface area contributed by atoms with Crippen LogP contribution in [0.2, 0.25) is 0 Å². The minimum absolute atomic E-state index is 0.129. The Hall–Kier alpha value is -0.920.